The molecule has 0 bridgehead atoms. The van der Waals surface area contributed by atoms with E-state index in [9.17, 15) is 0 Å². The SMILES string of the molecule is CN=C(NCC1CCCN(C)C1c1cccs1)NCC(CC(C)C)N1CCOCC1.I. The summed E-state index contributed by atoms with van der Waals surface area (Å²) in [6.07, 6.45) is 3.72. The van der Waals surface area contributed by atoms with Gasteiger partial charge in [-0.25, -0.2) is 0 Å². The van der Waals surface area contributed by atoms with E-state index in [1.807, 2.05) is 18.4 Å². The van der Waals surface area contributed by atoms with E-state index in [2.05, 4.69) is 63.8 Å². The van der Waals surface area contributed by atoms with E-state index < -0.39 is 0 Å². The molecule has 2 saturated heterocycles. The molecule has 1 aromatic rings. The van der Waals surface area contributed by atoms with Crippen LogP contribution in [0.1, 0.15) is 44.0 Å². The van der Waals surface area contributed by atoms with Crippen LogP contribution >= 0.6 is 35.3 Å². The van der Waals surface area contributed by atoms with Crippen molar-refractivity contribution in [1.29, 1.82) is 0 Å². The van der Waals surface area contributed by atoms with Crippen LogP contribution in [0.5, 0.6) is 0 Å². The lowest BCUT2D eigenvalue weighted by molar-refractivity contribution is 0.0132. The molecule has 6 nitrogen and oxygen atoms in total. The summed E-state index contributed by atoms with van der Waals surface area (Å²) in [6.45, 7) is 11.4. The van der Waals surface area contributed by atoms with Gasteiger partial charge in [-0.2, -0.15) is 0 Å². The number of guanidine groups is 1. The number of morpholine rings is 1. The molecule has 0 aliphatic carbocycles. The number of nitrogens with zero attached hydrogens (tertiary/aromatic N) is 3. The van der Waals surface area contributed by atoms with Crippen molar-refractivity contribution in [3.05, 3.63) is 22.4 Å². The molecule has 1 aromatic heterocycles. The highest BCUT2D eigenvalue weighted by Crippen LogP contribution is 2.36. The Morgan fingerprint density at radius 3 is 2.68 bits per heavy atom. The molecule has 178 valence electrons. The topological polar surface area (TPSA) is 52.1 Å². The lowest BCUT2D eigenvalue weighted by Crippen LogP contribution is -2.51. The second-order valence-electron chi connectivity index (χ2n) is 9.11. The van der Waals surface area contributed by atoms with Crippen LogP contribution in [0.3, 0.4) is 0 Å². The molecule has 3 rings (SSSR count). The molecule has 3 atom stereocenters. The van der Waals surface area contributed by atoms with Crippen LogP contribution in [0.2, 0.25) is 0 Å². The van der Waals surface area contributed by atoms with Crippen molar-refractivity contribution in [1.82, 2.24) is 20.4 Å². The first kappa shape index (κ1) is 26.8. The lowest BCUT2D eigenvalue weighted by atomic mass is 9.88. The minimum atomic E-state index is 0. The average Bonchev–Trinajstić information content (AvgIpc) is 3.27. The summed E-state index contributed by atoms with van der Waals surface area (Å²) in [5.74, 6) is 2.21. The van der Waals surface area contributed by atoms with E-state index in [0.29, 0.717) is 23.9 Å². The fraction of sp³-hybridized carbons (Fsp3) is 0.783. The van der Waals surface area contributed by atoms with Crippen LogP contribution in [0, 0.1) is 11.8 Å². The van der Waals surface area contributed by atoms with Crippen LogP contribution in [-0.4, -0.2) is 81.8 Å². The predicted octanol–water partition coefficient (Wildman–Crippen LogP) is 3.66. The average molecular weight is 564 g/mol. The van der Waals surface area contributed by atoms with Gasteiger partial charge in [-0.15, -0.1) is 35.3 Å². The highest BCUT2D eigenvalue weighted by Gasteiger charge is 2.31. The first-order valence-electron chi connectivity index (χ1n) is 11.6. The number of hydrogen-bond donors (Lipinski definition) is 2. The summed E-state index contributed by atoms with van der Waals surface area (Å²) < 4.78 is 5.56. The van der Waals surface area contributed by atoms with Gasteiger partial charge in [-0.3, -0.25) is 14.8 Å². The molecule has 0 amide bonds. The minimum absolute atomic E-state index is 0. The summed E-state index contributed by atoms with van der Waals surface area (Å²) in [5, 5.41) is 9.45. The number of nitrogens with one attached hydrogen (secondary N) is 2. The van der Waals surface area contributed by atoms with Gasteiger partial charge < -0.3 is 15.4 Å². The van der Waals surface area contributed by atoms with Gasteiger partial charge in [-0.1, -0.05) is 19.9 Å². The molecule has 0 saturated carbocycles. The number of likely N-dealkylation sites (tertiary alicyclic amines) is 1. The summed E-state index contributed by atoms with van der Waals surface area (Å²) >= 11 is 1.88. The van der Waals surface area contributed by atoms with Crippen molar-refractivity contribution in [2.24, 2.45) is 16.8 Å². The zero-order valence-electron chi connectivity index (χ0n) is 19.7. The molecule has 2 aliphatic rings. The van der Waals surface area contributed by atoms with Gasteiger partial charge in [0.05, 0.1) is 13.2 Å². The number of piperidine rings is 1. The molecule has 2 fully saturated rings. The first-order chi connectivity index (χ1) is 14.6. The maximum Gasteiger partial charge on any atom is 0.191 e. The lowest BCUT2D eigenvalue weighted by Gasteiger charge is -2.39. The van der Waals surface area contributed by atoms with E-state index in [1.165, 1.54) is 30.7 Å². The van der Waals surface area contributed by atoms with Crippen molar-refractivity contribution < 1.29 is 4.74 Å². The monoisotopic (exact) mass is 563 g/mol. The van der Waals surface area contributed by atoms with Crippen molar-refractivity contribution in [2.75, 3.05) is 60.0 Å². The Hall–Kier alpha value is -0.420. The molecular weight excluding hydrogens is 521 g/mol. The first-order valence-corrected chi connectivity index (χ1v) is 12.5. The maximum absolute atomic E-state index is 5.56. The summed E-state index contributed by atoms with van der Waals surface area (Å²) in [5.41, 5.74) is 0. The predicted molar refractivity (Wildman–Crippen MR) is 143 cm³/mol. The van der Waals surface area contributed by atoms with Gasteiger partial charge in [0, 0.05) is 50.2 Å². The molecule has 2 N–H and O–H groups in total. The van der Waals surface area contributed by atoms with E-state index in [-0.39, 0.29) is 24.0 Å². The van der Waals surface area contributed by atoms with E-state index in [4.69, 9.17) is 4.74 Å². The smallest absolute Gasteiger partial charge is 0.191 e. The number of rotatable bonds is 8. The van der Waals surface area contributed by atoms with E-state index >= 15 is 0 Å². The van der Waals surface area contributed by atoms with E-state index in [1.54, 1.807) is 0 Å². The van der Waals surface area contributed by atoms with Gasteiger partial charge in [0.15, 0.2) is 5.96 Å². The van der Waals surface area contributed by atoms with Crippen molar-refractivity contribution in [3.8, 4) is 0 Å². The molecule has 0 aromatic carbocycles. The van der Waals surface area contributed by atoms with Gasteiger partial charge in [0.25, 0.3) is 0 Å². The third-order valence-corrected chi connectivity index (χ3v) is 7.35. The van der Waals surface area contributed by atoms with Gasteiger partial charge in [-0.05, 0) is 56.1 Å². The third kappa shape index (κ3) is 8.14. The summed E-state index contributed by atoms with van der Waals surface area (Å²) in [7, 11) is 4.15. The minimum Gasteiger partial charge on any atom is -0.379 e. The molecule has 3 heterocycles. The summed E-state index contributed by atoms with van der Waals surface area (Å²) in [6, 6.07) is 5.49. The largest absolute Gasteiger partial charge is 0.379 e. The quantitative estimate of drug-likeness (QED) is 0.287. The Morgan fingerprint density at radius 2 is 2.03 bits per heavy atom. The molecule has 8 heteroatoms. The van der Waals surface area contributed by atoms with Crippen molar-refractivity contribution >= 4 is 41.3 Å². The standard InChI is InChI=1S/C23H41N5OS.HI/c1-18(2)15-20(28-10-12-29-13-11-28)17-26-23(24-3)25-16-19-7-5-9-27(4)22(19)21-8-6-14-30-21;/h6,8,14,18-20,22H,5,7,9-13,15-17H2,1-4H3,(H2,24,25,26);1H. The molecule has 3 unspecified atom stereocenters. The van der Waals surface area contributed by atoms with Crippen LogP contribution in [0.25, 0.3) is 0 Å². The van der Waals surface area contributed by atoms with Crippen LogP contribution in [-0.2, 0) is 4.74 Å². The Balaban J connectivity index is 0.00000341. The van der Waals surface area contributed by atoms with Crippen LogP contribution < -0.4 is 10.6 Å². The van der Waals surface area contributed by atoms with Crippen molar-refractivity contribution in [3.63, 3.8) is 0 Å². The molecule has 0 spiro atoms. The zero-order valence-corrected chi connectivity index (χ0v) is 22.8. The van der Waals surface area contributed by atoms with Gasteiger partial charge in [0.1, 0.15) is 0 Å². The van der Waals surface area contributed by atoms with Crippen molar-refractivity contribution in [2.45, 2.75) is 45.2 Å². The molecule has 2 aliphatic heterocycles. The normalized spacial score (nSPS) is 24.6. The summed E-state index contributed by atoms with van der Waals surface area (Å²) in [4.78, 5) is 11.1. The molecule has 31 heavy (non-hydrogen) atoms. The Bertz CT molecular complexity index is 636. The maximum atomic E-state index is 5.56. The molecule has 0 radical (unpaired) electrons. The number of hydrogen-bond acceptors (Lipinski definition) is 5. The zero-order chi connectivity index (χ0) is 21.3. The van der Waals surface area contributed by atoms with Gasteiger partial charge >= 0.3 is 0 Å². The van der Waals surface area contributed by atoms with Crippen LogP contribution in [0.15, 0.2) is 22.5 Å². The second kappa shape index (κ2) is 14.0. The molecular formula is C23H42IN5OS. The Labute approximate surface area is 210 Å². The van der Waals surface area contributed by atoms with E-state index in [0.717, 1.165) is 45.4 Å². The van der Waals surface area contributed by atoms with Crippen LogP contribution in [0.4, 0.5) is 0 Å². The second-order valence-corrected chi connectivity index (χ2v) is 10.1. The number of halogens is 1. The van der Waals surface area contributed by atoms with Gasteiger partial charge in [0.2, 0.25) is 0 Å². The Kier molecular flexibility index (Phi) is 12.1. The fourth-order valence-corrected chi connectivity index (χ4v) is 5.88. The highest BCUT2D eigenvalue weighted by atomic mass is 127. The number of aliphatic imine (C=N–C) groups is 1. The number of thiophene rings is 1. The number of ether oxygens (including phenoxy) is 1. The fourth-order valence-electron chi connectivity index (χ4n) is 4.89. The Morgan fingerprint density at radius 1 is 1.26 bits per heavy atom. The highest BCUT2D eigenvalue weighted by molar-refractivity contribution is 14.0. The third-order valence-electron chi connectivity index (χ3n) is 6.41.